The number of carbonyl (C=O) groups excluding carboxylic acids is 1. The van der Waals surface area contributed by atoms with Gasteiger partial charge in [0.05, 0.1) is 5.92 Å². The van der Waals surface area contributed by atoms with Gasteiger partial charge >= 0.3 is 5.97 Å². The van der Waals surface area contributed by atoms with Crippen LogP contribution >= 0.6 is 0 Å². The number of carbonyl (C=O) groups is 2. The van der Waals surface area contributed by atoms with Gasteiger partial charge in [0.1, 0.15) is 23.4 Å². The molecule has 0 atom stereocenters. The molecule has 1 fully saturated rings. The van der Waals surface area contributed by atoms with E-state index in [9.17, 15) is 19.5 Å². The van der Waals surface area contributed by atoms with Crippen LogP contribution in [0.4, 0.5) is 11.6 Å². The molecule has 1 saturated carbocycles. The Bertz CT molecular complexity index is 1210. The van der Waals surface area contributed by atoms with E-state index in [-0.39, 0.29) is 29.0 Å². The molecule has 11 heteroatoms. The molecule has 31 heavy (non-hydrogen) atoms. The van der Waals surface area contributed by atoms with Gasteiger partial charge in [-0.05, 0) is 37.8 Å². The molecular weight excluding hydrogens is 402 g/mol. The minimum Gasteiger partial charge on any atom is -0.481 e. The van der Waals surface area contributed by atoms with Gasteiger partial charge in [-0.1, -0.05) is 0 Å². The third kappa shape index (κ3) is 3.93. The fourth-order valence-corrected chi connectivity index (χ4v) is 3.93. The van der Waals surface area contributed by atoms with Gasteiger partial charge in [0.25, 0.3) is 5.56 Å². The molecule has 1 amide bonds. The Hall–Kier alpha value is -3.89. The number of nitrogens with one attached hydrogen (secondary N) is 1. The average molecular weight is 423 g/mol. The number of aromatic nitrogens is 5. The Morgan fingerprint density at radius 3 is 2.52 bits per heavy atom. The van der Waals surface area contributed by atoms with Crippen LogP contribution in [0.1, 0.15) is 38.6 Å². The van der Waals surface area contributed by atoms with Gasteiger partial charge in [-0.3, -0.25) is 19.0 Å². The SMILES string of the molecule is CC(=O)Nc1ccc(-c2nc3c(N)ncnc3n(C3CCC(C(=O)O)CC3)c2=O)cn1. The summed E-state index contributed by atoms with van der Waals surface area (Å²) in [7, 11) is 0. The third-order valence-electron chi connectivity index (χ3n) is 5.46. The van der Waals surface area contributed by atoms with Crippen molar-refractivity contribution in [3.8, 4) is 11.3 Å². The van der Waals surface area contributed by atoms with E-state index >= 15 is 0 Å². The van der Waals surface area contributed by atoms with Crippen molar-refractivity contribution < 1.29 is 14.7 Å². The van der Waals surface area contributed by atoms with E-state index in [0.29, 0.717) is 48.2 Å². The highest BCUT2D eigenvalue weighted by Crippen LogP contribution is 2.33. The van der Waals surface area contributed by atoms with Crippen LogP contribution in [-0.2, 0) is 9.59 Å². The number of nitrogen functional groups attached to an aromatic ring is 1. The molecule has 0 aromatic carbocycles. The van der Waals surface area contributed by atoms with Crippen LogP contribution in [-0.4, -0.2) is 41.5 Å². The molecule has 0 bridgehead atoms. The van der Waals surface area contributed by atoms with E-state index in [0.717, 1.165) is 0 Å². The number of carboxylic acids is 1. The molecule has 1 aliphatic rings. The lowest BCUT2D eigenvalue weighted by Crippen LogP contribution is -2.32. The average Bonchev–Trinajstić information content (AvgIpc) is 2.74. The van der Waals surface area contributed by atoms with Crippen molar-refractivity contribution in [2.24, 2.45) is 5.92 Å². The zero-order valence-electron chi connectivity index (χ0n) is 16.8. The third-order valence-corrected chi connectivity index (χ3v) is 5.46. The van der Waals surface area contributed by atoms with Gasteiger partial charge in [-0.2, -0.15) is 0 Å². The van der Waals surface area contributed by atoms with Gasteiger partial charge in [0.15, 0.2) is 11.5 Å². The molecule has 3 aromatic heterocycles. The van der Waals surface area contributed by atoms with E-state index in [1.165, 1.54) is 19.4 Å². The standard InChI is InChI=1S/C20H21N7O4/c1-10(28)25-14-7-4-12(8-22-14)15-19(29)27(13-5-2-11(3-6-13)20(30)31)18-16(26-15)17(21)23-9-24-18/h4,7-9,11,13H,2-3,5-6H2,1H3,(H,30,31)(H2,21,23,24)(H,22,25,28). The highest BCUT2D eigenvalue weighted by Gasteiger charge is 2.29. The fraction of sp³-hybridized carbons (Fsp3) is 0.350. The van der Waals surface area contributed by atoms with E-state index in [4.69, 9.17) is 5.73 Å². The fourth-order valence-electron chi connectivity index (χ4n) is 3.93. The molecule has 3 aromatic rings. The van der Waals surface area contributed by atoms with Crippen molar-refractivity contribution in [2.45, 2.75) is 38.6 Å². The topological polar surface area (TPSA) is 166 Å². The first-order valence-electron chi connectivity index (χ1n) is 9.84. The van der Waals surface area contributed by atoms with Gasteiger partial charge < -0.3 is 16.2 Å². The zero-order chi connectivity index (χ0) is 22.1. The first-order valence-corrected chi connectivity index (χ1v) is 9.84. The summed E-state index contributed by atoms with van der Waals surface area (Å²) in [6.07, 6.45) is 4.73. The van der Waals surface area contributed by atoms with E-state index in [1.54, 1.807) is 16.7 Å². The van der Waals surface area contributed by atoms with E-state index < -0.39 is 11.9 Å². The lowest BCUT2D eigenvalue weighted by Gasteiger charge is -2.28. The number of fused-ring (bicyclic) bond motifs is 1. The Morgan fingerprint density at radius 1 is 1.16 bits per heavy atom. The quantitative estimate of drug-likeness (QED) is 0.565. The molecule has 0 radical (unpaired) electrons. The molecule has 11 nitrogen and oxygen atoms in total. The van der Waals surface area contributed by atoms with Crippen molar-refractivity contribution in [2.75, 3.05) is 11.1 Å². The second kappa shape index (κ2) is 8.09. The zero-order valence-corrected chi connectivity index (χ0v) is 16.8. The molecule has 0 spiro atoms. The molecule has 160 valence electrons. The lowest BCUT2D eigenvalue weighted by molar-refractivity contribution is -0.143. The molecular formula is C20H21N7O4. The van der Waals surface area contributed by atoms with Crippen molar-refractivity contribution in [1.29, 1.82) is 0 Å². The first-order chi connectivity index (χ1) is 14.8. The van der Waals surface area contributed by atoms with Crippen LogP contribution in [0, 0.1) is 5.92 Å². The summed E-state index contributed by atoms with van der Waals surface area (Å²) in [5.74, 6) is -0.990. The van der Waals surface area contributed by atoms with Crippen molar-refractivity contribution in [3.05, 3.63) is 35.0 Å². The van der Waals surface area contributed by atoms with Crippen LogP contribution < -0.4 is 16.6 Å². The molecule has 4 N–H and O–H groups in total. The Labute approximate surface area is 176 Å². The van der Waals surface area contributed by atoms with E-state index in [1.807, 2.05) is 0 Å². The summed E-state index contributed by atoms with van der Waals surface area (Å²) < 4.78 is 1.55. The molecule has 0 unspecified atom stereocenters. The summed E-state index contributed by atoms with van der Waals surface area (Å²) in [6.45, 7) is 1.38. The number of amides is 1. The highest BCUT2D eigenvalue weighted by molar-refractivity contribution is 5.88. The minimum absolute atomic E-state index is 0.135. The van der Waals surface area contributed by atoms with Crippen LogP contribution in [0.5, 0.6) is 0 Å². The summed E-state index contributed by atoms with van der Waals surface area (Å²) in [5, 5.41) is 11.9. The number of nitrogens with zero attached hydrogens (tertiary/aromatic N) is 5. The Kier molecular flexibility index (Phi) is 5.32. The maximum Gasteiger partial charge on any atom is 0.306 e. The monoisotopic (exact) mass is 423 g/mol. The summed E-state index contributed by atoms with van der Waals surface area (Å²) in [6, 6.07) is 2.99. The number of nitrogens with two attached hydrogens (primary N) is 1. The van der Waals surface area contributed by atoms with Crippen molar-refractivity contribution >= 4 is 34.7 Å². The number of hydrogen-bond acceptors (Lipinski definition) is 8. The molecule has 3 heterocycles. The molecule has 1 aliphatic carbocycles. The maximum atomic E-state index is 13.5. The predicted octanol–water partition coefficient (Wildman–Crippen LogP) is 1.60. The molecule has 0 aliphatic heterocycles. The molecule has 0 saturated heterocycles. The number of carboxylic acid groups (broad SMARTS) is 1. The number of hydrogen-bond donors (Lipinski definition) is 3. The van der Waals surface area contributed by atoms with Crippen molar-refractivity contribution in [1.82, 2.24) is 24.5 Å². The highest BCUT2D eigenvalue weighted by atomic mass is 16.4. The van der Waals surface area contributed by atoms with Crippen molar-refractivity contribution in [3.63, 3.8) is 0 Å². The largest absolute Gasteiger partial charge is 0.481 e. The lowest BCUT2D eigenvalue weighted by atomic mass is 9.86. The summed E-state index contributed by atoms with van der Waals surface area (Å²) >= 11 is 0. The van der Waals surface area contributed by atoms with Crippen LogP contribution in [0.25, 0.3) is 22.4 Å². The number of pyridine rings is 1. The van der Waals surface area contributed by atoms with Gasteiger partial charge in [0, 0.05) is 24.7 Å². The normalized spacial score (nSPS) is 18.6. The van der Waals surface area contributed by atoms with Crippen LogP contribution in [0.15, 0.2) is 29.5 Å². The first kappa shape index (κ1) is 20.4. The second-order valence-corrected chi connectivity index (χ2v) is 7.52. The Balaban J connectivity index is 1.82. The Morgan fingerprint density at radius 2 is 1.90 bits per heavy atom. The summed E-state index contributed by atoms with van der Waals surface area (Å²) in [5.41, 5.74) is 6.87. The van der Waals surface area contributed by atoms with Gasteiger partial charge in [-0.25, -0.2) is 19.9 Å². The van der Waals surface area contributed by atoms with Gasteiger partial charge in [0.2, 0.25) is 5.91 Å². The van der Waals surface area contributed by atoms with Crippen LogP contribution in [0.3, 0.4) is 0 Å². The molecule has 4 rings (SSSR count). The summed E-state index contributed by atoms with van der Waals surface area (Å²) in [4.78, 5) is 52.8. The number of aliphatic carboxylic acids is 1. The minimum atomic E-state index is -0.817. The van der Waals surface area contributed by atoms with Crippen LogP contribution in [0.2, 0.25) is 0 Å². The second-order valence-electron chi connectivity index (χ2n) is 7.52. The van der Waals surface area contributed by atoms with E-state index in [2.05, 4.69) is 25.3 Å². The number of rotatable bonds is 4. The van der Waals surface area contributed by atoms with Gasteiger partial charge in [-0.15, -0.1) is 0 Å². The maximum absolute atomic E-state index is 13.5. The predicted molar refractivity (Wildman–Crippen MR) is 112 cm³/mol. The smallest absolute Gasteiger partial charge is 0.306 e. The number of anilines is 2.